The van der Waals surface area contributed by atoms with Crippen LogP contribution in [0.2, 0.25) is 0 Å². The highest BCUT2D eigenvalue weighted by Gasteiger charge is 2.13. The van der Waals surface area contributed by atoms with Crippen molar-refractivity contribution in [2.45, 2.75) is 6.92 Å². The Morgan fingerprint density at radius 2 is 1.62 bits per heavy atom. The van der Waals surface area contributed by atoms with Gasteiger partial charge < -0.3 is 5.11 Å². The maximum absolute atomic E-state index is 12.3. The van der Waals surface area contributed by atoms with Crippen molar-refractivity contribution < 1.29 is 14.7 Å². The second kappa shape index (κ2) is 8.99. The zero-order valence-corrected chi connectivity index (χ0v) is 16.4. The first-order valence-electron chi connectivity index (χ1n) is 8.80. The van der Waals surface area contributed by atoms with E-state index >= 15 is 0 Å². The number of aryl methyl sites for hydroxylation is 1. The number of benzene rings is 3. The molecule has 0 saturated carbocycles. The second-order valence-corrected chi connectivity index (χ2v) is 6.77. The molecule has 29 heavy (non-hydrogen) atoms. The topological polar surface area (TPSA) is 90.5 Å². The molecular weight excluding hydrogens is 386 g/mol. The normalized spacial score (nSPS) is 10.7. The molecule has 0 spiro atoms. The van der Waals surface area contributed by atoms with Crippen molar-refractivity contribution in [3.63, 3.8) is 0 Å². The zero-order chi connectivity index (χ0) is 20.8. The number of aromatic hydroxyl groups is 1. The van der Waals surface area contributed by atoms with Gasteiger partial charge in [-0.25, -0.2) is 0 Å². The van der Waals surface area contributed by atoms with E-state index in [1.807, 2.05) is 55.5 Å². The van der Waals surface area contributed by atoms with Gasteiger partial charge in [0, 0.05) is 6.08 Å². The van der Waals surface area contributed by atoms with Gasteiger partial charge in [0.1, 0.15) is 5.75 Å². The molecule has 2 amide bonds. The minimum Gasteiger partial charge on any atom is -0.507 e. The van der Waals surface area contributed by atoms with E-state index in [4.69, 9.17) is 12.2 Å². The Morgan fingerprint density at radius 1 is 0.966 bits per heavy atom. The summed E-state index contributed by atoms with van der Waals surface area (Å²) in [6.07, 6.45) is 3.00. The van der Waals surface area contributed by atoms with Crippen molar-refractivity contribution in [1.82, 2.24) is 16.2 Å². The highest BCUT2D eigenvalue weighted by Crippen LogP contribution is 2.24. The molecule has 0 aliphatic heterocycles. The van der Waals surface area contributed by atoms with E-state index in [2.05, 4.69) is 16.2 Å². The van der Waals surface area contributed by atoms with E-state index in [1.54, 1.807) is 12.1 Å². The Labute approximate surface area is 173 Å². The van der Waals surface area contributed by atoms with Gasteiger partial charge in [-0.3, -0.25) is 25.8 Å². The van der Waals surface area contributed by atoms with Crippen molar-refractivity contribution in [2.75, 3.05) is 0 Å². The standard InChI is InChI=1S/C22H19N3O3S/c1-14-6-8-15(9-7-14)10-11-20(27)23-22(29)25-24-21(28)18-12-16-4-2-3-5-17(16)13-19(18)26/h2-13,26H,1H3,(H,24,28)(H2,23,25,27,29). The van der Waals surface area contributed by atoms with E-state index in [0.29, 0.717) is 0 Å². The maximum Gasteiger partial charge on any atom is 0.273 e. The van der Waals surface area contributed by atoms with Crippen molar-refractivity contribution in [3.05, 3.63) is 83.4 Å². The minimum atomic E-state index is -0.583. The second-order valence-electron chi connectivity index (χ2n) is 6.36. The number of carbonyl (C=O) groups excluding carboxylic acids is 2. The van der Waals surface area contributed by atoms with Gasteiger partial charge in [0.15, 0.2) is 5.11 Å². The third kappa shape index (κ3) is 5.40. The molecule has 0 radical (unpaired) electrons. The van der Waals surface area contributed by atoms with Crippen LogP contribution >= 0.6 is 12.2 Å². The number of phenolic OH excluding ortho intramolecular Hbond substituents is 1. The highest BCUT2D eigenvalue weighted by atomic mass is 32.1. The zero-order valence-electron chi connectivity index (χ0n) is 15.6. The number of fused-ring (bicyclic) bond motifs is 1. The molecule has 0 heterocycles. The fourth-order valence-corrected chi connectivity index (χ4v) is 2.78. The minimum absolute atomic E-state index is 0.0721. The quantitative estimate of drug-likeness (QED) is 0.305. The first-order valence-corrected chi connectivity index (χ1v) is 9.21. The molecule has 3 aromatic carbocycles. The molecule has 3 aromatic rings. The Balaban J connectivity index is 1.54. The van der Waals surface area contributed by atoms with Gasteiger partial charge in [-0.2, -0.15) is 0 Å². The Hall–Kier alpha value is -3.71. The van der Waals surface area contributed by atoms with Crippen LogP contribution in [-0.4, -0.2) is 22.0 Å². The number of hydrazine groups is 1. The highest BCUT2D eigenvalue weighted by molar-refractivity contribution is 7.80. The summed E-state index contributed by atoms with van der Waals surface area (Å²) in [4.78, 5) is 24.2. The fourth-order valence-electron chi connectivity index (χ4n) is 2.63. The lowest BCUT2D eigenvalue weighted by Gasteiger charge is -2.11. The molecule has 0 aromatic heterocycles. The molecule has 0 aliphatic carbocycles. The molecule has 0 saturated heterocycles. The predicted molar refractivity (Wildman–Crippen MR) is 117 cm³/mol. The smallest absolute Gasteiger partial charge is 0.273 e. The third-order valence-electron chi connectivity index (χ3n) is 4.14. The van der Waals surface area contributed by atoms with Gasteiger partial charge >= 0.3 is 0 Å². The molecule has 4 N–H and O–H groups in total. The first-order chi connectivity index (χ1) is 13.9. The Morgan fingerprint density at radius 3 is 2.31 bits per heavy atom. The summed E-state index contributed by atoms with van der Waals surface area (Å²) in [6.45, 7) is 1.98. The summed E-state index contributed by atoms with van der Waals surface area (Å²) in [6, 6.07) is 18.1. The number of hydrogen-bond acceptors (Lipinski definition) is 4. The van der Waals surface area contributed by atoms with E-state index in [1.165, 1.54) is 12.1 Å². The molecular formula is C22H19N3O3S. The van der Waals surface area contributed by atoms with Crippen molar-refractivity contribution >= 4 is 46.0 Å². The van der Waals surface area contributed by atoms with Gasteiger partial charge in [-0.15, -0.1) is 0 Å². The summed E-state index contributed by atoms with van der Waals surface area (Å²) >= 11 is 5.00. The van der Waals surface area contributed by atoms with Crippen LogP contribution in [0.5, 0.6) is 5.75 Å². The first kappa shape index (κ1) is 20.0. The predicted octanol–water partition coefficient (Wildman–Crippen LogP) is 3.20. The molecule has 146 valence electrons. The van der Waals surface area contributed by atoms with Crippen LogP contribution in [0.1, 0.15) is 21.5 Å². The molecule has 7 heteroatoms. The van der Waals surface area contributed by atoms with Gasteiger partial charge in [0.05, 0.1) is 5.56 Å². The monoisotopic (exact) mass is 405 g/mol. The molecule has 0 atom stereocenters. The van der Waals surface area contributed by atoms with Crippen molar-refractivity contribution in [2.24, 2.45) is 0 Å². The van der Waals surface area contributed by atoms with E-state index in [-0.39, 0.29) is 16.4 Å². The summed E-state index contributed by atoms with van der Waals surface area (Å²) in [5.74, 6) is -1.18. The van der Waals surface area contributed by atoms with Crippen LogP contribution in [0.3, 0.4) is 0 Å². The molecule has 0 aliphatic rings. The van der Waals surface area contributed by atoms with Crippen LogP contribution in [0.4, 0.5) is 0 Å². The van der Waals surface area contributed by atoms with E-state index in [9.17, 15) is 14.7 Å². The van der Waals surface area contributed by atoms with E-state index in [0.717, 1.165) is 21.9 Å². The molecule has 0 fully saturated rings. The lowest BCUT2D eigenvalue weighted by Crippen LogP contribution is -2.48. The average molecular weight is 405 g/mol. The van der Waals surface area contributed by atoms with Crippen LogP contribution in [-0.2, 0) is 4.79 Å². The Kier molecular flexibility index (Phi) is 6.21. The number of nitrogens with one attached hydrogen (secondary N) is 3. The average Bonchev–Trinajstić information content (AvgIpc) is 2.71. The number of carbonyl (C=O) groups is 2. The third-order valence-corrected chi connectivity index (χ3v) is 4.34. The number of rotatable bonds is 3. The Bertz CT molecular complexity index is 1110. The summed E-state index contributed by atoms with van der Waals surface area (Å²) < 4.78 is 0. The fraction of sp³-hybridized carbons (Fsp3) is 0.0455. The summed E-state index contributed by atoms with van der Waals surface area (Å²) in [5, 5.41) is 14.1. The SMILES string of the molecule is Cc1ccc(C=CC(=O)NC(=S)NNC(=O)c2cc3ccccc3cc2O)cc1. The van der Waals surface area contributed by atoms with Gasteiger partial charge in [0.25, 0.3) is 5.91 Å². The molecule has 3 rings (SSSR count). The van der Waals surface area contributed by atoms with Crippen molar-refractivity contribution in [3.8, 4) is 5.75 Å². The van der Waals surface area contributed by atoms with Gasteiger partial charge in [-0.1, -0.05) is 54.1 Å². The van der Waals surface area contributed by atoms with Crippen LogP contribution in [0, 0.1) is 6.92 Å². The molecule has 0 bridgehead atoms. The van der Waals surface area contributed by atoms with Crippen molar-refractivity contribution in [1.29, 1.82) is 0 Å². The number of hydrogen-bond donors (Lipinski definition) is 4. The molecule has 6 nitrogen and oxygen atoms in total. The molecule has 0 unspecified atom stereocenters. The number of amides is 2. The number of phenols is 1. The summed E-state index contributed by atoms with van der Waals surface area (Å²) in [7, 11) is 0. The lowest BCUT2D eigenvalue weighted by molar-refractivity contribution is -0.115. The maximum atomic E-state index is 12.3. The van der Waals surface area contributed by atoms with Crippen LogP contribution in [0.25, 0.3) is 16.8 Å². The lowest BCUT2D eigenvalue weighted by atomic mass is 10.1. The van der Waals surface area contributed by atoms with Gasteiger partial charge in [-0.05, 0) is 53.7 Å². The largest absolute Gasteiger partial charge is 0.507 e. The van der Waals surface area contributed by atoms with Crippen LogP contribution in [0.15, 0.2) is 66.7 Å². The number of thiocarbonyl (C=S) groups is 1. The van der Waals surface area contributed by atoms with Gasteiger partial charge in [0.2, 0.25) is 5.91 Å². The van der Waals surface area contributed by atoms with E-state index < -0.39 is 11.8 Å². The summed E-state index contributed by atoms with van der Waals surface area (Å²) in [5.41, 5.74) is 6.91. The van der Waals surface area contributed by atoms with Crippen LogP contribution < -0.4 is 16.2 Å².